The normalized spacial score (nSPS) is 17.4. The van der Waals surface area contributed by atoms with Gasteiger partial charge in [-0.05, 0) is 34.8 Å². The Balaban J connectivity index is 2.76. The molecular formula is C12H20BrNS2. The van der Waals surface area contributed by atoms with Gasteiger partial charge in [-0.1, -0.05) is 20.8 Å². The number of rotatable bonds is 5. The first kappa shape index (κ1) is 14.6. The van der Waals surface area contributed by atoms with Crippen molar-refractivity contribution in [2.24, 2.45) is 11.7 Å². The average Bonchev–Trinajstić information content (AvgIpc) is 2.59. The van der Waals surface area contributed by atoms with Crippen LogP contribution in [0.25, 0.3) is 0 Å². The second-order valence-electron chi connectivity index (χ2n) is 4.53. The Morgan fingerprint density at radius 3 is 2.31 bits per heavy atom. The predicted octanol–water partition coefficient (Wildman–Crippen LogP) is 4.68. The summed E-state index contributed by atoms with van der Waals surface area (Å²) in [5.41, 5.74) is 6.10. The summed E-state index contributed by atoms with van der Waals surface area (Å²) < 4.78 is 1.16. The summed E-state index contributed by atoms with van der Waals surface area (Å²) in [7, 11) is 0. The molecule has 1 rings (SSSR count). The maximum atomic E-state index is 6.10. The van der Waals surface area contributed by atoms with E-state index in [-0.39, 0.29) is 6.04 Å². The van der Waals surface area contributed by atoms with Crippen LogP contribution in [0.15, 0.2) is 15.9 Å². The van der Waals surface area contributed by atoms with Crippen LogP contribution in [-0.4, -0.2) is 11.3 Å². The van der Waals surface area contributed by atoms with Gasteiger partial charge in [-0.3, -0.25) is 0 Å². The highest BCUT2D eigenvalue weighted by Gasteiger charge is 2.22. The maximum absolute atomic E-state index is 6.10. The third kappa shape index (κ3) is 4.06. The highest BCUT2D eigenvalue weighted by molar-refractivity contribution is 9.10. The van der Waals surface area contributed by atoms with Gasteiger partial charge in [0.1, 0.15) is 0 Å². The van der Waals surface area contributed by atoms with Crippen LogP contribution in [0.3, 0.4) is 0 Å². The van der Waals surface area contributed by atoms with Crippen LogP contribution < -0.4 is 5.73 Å². The topological polar surface area (TPSA) is 26.0 Å². The highest BCUT2D eigenvalue weighted by atomic mass is 79.9. The van der Waals surface area contributed by atoms with Crippen LogP contribution >= 0.6 is 39.0 Å². The molecule has 1 nitrogen and oxygen atoms in total. The molecule has 1 aromatic heterocycles. The molecule has 0 amide bonds. The minimum atomic E-state index is 0.191. The molecular weight excluding hydrogens is 302 g/mol. The lowest BCUT2D eigenvalue weighted by Gasteiger charge is -2.25. The van der Waals surface area contributed by atoms with Gasteiger partial charge < -0.3 is 5.73 Å². The molecule has 2 N–H and O–H groups in total. The zero-order valence-corrected chi connectivity index (χ0v) is 13.5. The van der Waals surface area contributed by atoms with E-state index in [9.17, 15) is 0 Å². The van der Waals surface area contributed by atoms with Crippen LogP contribution in [0.5, 0.6) is 0 Å². The van der Waals surface area contributed by atoms with Crippen molar-refractivity contribution in [2.45, 2.75) is 44.2 Å². The van der Waals surface area contributed by atoms with Gasteiger partial charge in [0.2, 0.25) is 0 Å². The van der Waals surface area contributed by atoms with Crippen molar-refractivity contribution in [2.75, 3.05) is 0 Å². The fourth-order valence-corrected chi connectivity index (χ4v) is 4.42. The van der Waals surface area contributed by atoms with Crippen molar-refractivity contribution in [3.63, 3.8) is 0 Å². The summed E-state index contributed by atoms with van der Waals surface area (Å²) in [4.78, 5) is 1.37. The molecule has 0 radical (unpaired) electrons. The molecule has 4 heteroatoms. The largest absolute Gasteiger partial charge is 0.327 e. The molecule has 0 aliphatic heterocycles. The number of halogens is 1. The summed E-state index contributed by atoms with van der Waals surface area (Å²) in [6.45, 7) is 8.91. The minimum absolute atomic E-state index is 0.191. The number of thiophene rings is 1. The van der Waals surface area contributed by atoms with Crippen molar-refractivity contribution >= 4 is 39.0 Å². The summed E-state index contributed by atoms with van der Waals surface area (Å²) in [6.07, 6.45) is 0. The van der Waals surface area contributed by atoms with Crippen LogP contribution in [-0.2, 0) is 0 Å². The summed E-state index contributed by atoms with van der Waals surface area (Å²) >= 11 is 7.29. The Hall–Kier alpha value is 0.490. The summed E-state index contributed by atoms with van der Waals surface area (Å²) in [5.74, 6) is 0.689. The second kappa shape index (κ2) is 6.43. The Morgan fingerprint density at radius 2 is 1.94 bits per heavy atom. The van der Waals surface area contributed by atoms with E-state index in [1.54, 1.807) is 11.3 Å². The molecule has 92 valence electrons. The molecule has 0 saturated heterocycles. The Morgan fingerprint density at radius 1 is 1.31 bits per heavy atom. The van der Waals surface area contributed by atoms with Crippen LogP contribution in [0.2, 0.25) is 0 Å². The maximum Gasteiger partial charge on any atom is 0.0542 e. The molecule has 3 atom stereocenters. The average molecular weight is 322 g/mol. The second-order valence-corrected chi connectivity index (χ2v) is 7.91. The van der Waals surface area contributed by atoms with Crippen molar-refractivity contribution in [3.8, 4) is 0 Å². The lowest BCUT2D eigenvalue weighted by molar-refractivity contribution is 0.632. The van der Waals surface area contributed by atoms with Gasteiger partial charge in [0.15, 0.2) is 0 Å². The molecule has 0 saturated carbocycles. The number of hydrogen-bond acceptors (Lipinski definition) is 3. The molecule has 0 spiro atoms. The Labute approximate surface area is 115 Å². The van der Waals surface area contributed by atoms with Gasteiger partial charge in [-0.2, -0.15) is 0 Å². The zero-order valence-electron chi connectivity index (χ0n) is 10.2. The first-order valence-corrected chi connectivity index (χ1v) is 8.18. The molecule has 0 fully saturated rings. The fraction of sp³-hybridized carbons (Fsp3) is 0.667. The van der Waals surface area contributed by atoms with Gasteiger partial charge >= 0.3 is 0 Å². The molecule has 0 aliphatic rings. The summed E-state index contributed by atoms with van der Waals surface area (Å²) in [5, 5.41) is 3.18. The molecule has 0 bridgehead atoms. The van der Waals surface area contributed by atoms with Crippen molar-refractivity contribution in [3.05, 3.63) is 20.8 Å². The van der Waals surface area contributed by atoms with E-state index in [2.05, 4.69) is 55.1 Å². The SMILES string of the molecule is CC(C)C(C)SC(c1cc(Br)cs1)C(C)N. The lowest BCUT2D eigenvalue weighted by atomic mass is 10.1. The third-order valence-electron chi connectivity index (χ3n) is 2.65. The molecule has 1 heterocycles. The van der Waals surface area contributed by atoms with E-state index in [0.717, 1.165) is 4.47 Å². The Bertz CT molecular complexity index is 323. The van der Waals surface area contributed by atoms with Gasteiger partial charge in [-0.15, -0.1) is 23.1 Å². The van der Waals surface area contributed by atoms with E-state index >= 15 is 0 Å². The van der Waals surface area contributed by atoms with Gasteiger partial charge in [-0.25, -0.2) is 0 Å². The van der Waals surface area contributed by atoms with E-state index < -0.39 is 0 Å². The van der Waals surface area contributed by atoms with Crippen LogP contribution in [0.1, 0.15) is 37.8 Å². The highest BCUT2D eigenvalue weighted by Crippen LogP contribution is 2.40. The predicted molar refractivity (Wildman–Crippen MR) is 80.3 cm³/mol. The molecule has 1 aromatic rings. The fourth-order valence-electron chi connectivity index (χ4n) is 1.32. The number of nitrogens with two attached hydrogens (primary N) is 1. The van der Waals surface area contributed by atoms with Gasteiger partial charge in [0.25, 0.3) is 0 Å². The van der Waals surface area contributed by atoms with Crippen molar-refractivity contribution < 1.29 is 0 Å². The first-order valence-electron chi connectivity index (χ1n) is 5.56. The van der Waals surface area contributed by atoms with E-state index in [1.165, 1.54) is 4.88 Å². The molecule has 3 unspecified atom stereocenters. The molecule has 0 aliphatic carbocycles. The third-order valence-corrected chi connectivity index (χ3v) is 6.52. The minimum Gasteiger partial charge on any atom is -0.327 e. The van der Waals surface area contributed by atoms with E-state index in [1.807, 2.05) is 11.8 Å². The van der Waals surface area contributed by atoms with Gasteiger partial charge in [0.05, 0.1) is 5.25 Å². The summed E-state index contributed by atoms with van der Waals surface area (Å²) in [6, 6.07) is 2.38. The lowest BCUT2D eigenvalue weighted by Crippen LogP contribution is -2.24. The number of hydrogen-bond donors (Lipinski definition) is 1. The standard InChI is InChI=1S/C12H20BrNS2/c1-7(2)9(4)16-12(8(3)14)11-5-10(13)6-15-11/h5-9,12H,14H2,1-4H3. The molecule has 16 heavy (non-hydrogen) atoms. The van der Waals surface area contributed by atoms with Crippen molar-refractivity contribution in [1.82, 2.24) is 0 Å². The van der Waals surface area contributed by atoms with Gasteiger partial charge in [0, 0.05) is 26.0 Å². The number of thioether (sulfide) groups is 1. The van der Waals surface area contributed by atoms with E-state index in [4.69, 9.17) is 5.73 Å². The van der Waals surface area contributed by atoms with Crippen molar-refractivity contribution in [1.29, 1.82) is 0 Å². The monoisotopic (exact) mass is 321 g/mol. The Kier molecular flexibility index (Phi) is 5.85. The van der Waals surface area contributed by atoms with E-state index in [0.29, 0.717) is 16.4 Å². The zero-order chi connectivity index (χ0) is 12.3. The van der Waals surface area contributed by atoms with Crippen LogP contribution in [0.4, 0.5) is 0 Å². The first-order chi connectivity index (χ1) is 7.41. The molecule has 0 aromatic carbocycles. The van der Waals surface area contributed by atoms with Crippen LogP contribution in [0, 0.1) is 5.92 Å². The quantitative estimate of drug-likeness (QED) is 0.852. The smallest absolute Gasteiger partial charge is 0.0542 e.